The second-order valence-electron chi connectivity index (χ2n) is 11.3. The van der Waals surface area contributed by atoms with Crippen LogP contribution < -0.4 is 26.0 Å². The minimum atomic E-state index is -2.13. The van der Waals surface area contributed by atoms with Crippen molar-refractivity contribution in [3.63, 3.8) is 0 Å². The number of H-pyrrole nitrogens is 1. The number of halogens is 1. The maximum atomic E-state index is 13.8. The number of rotatable bonds is 3. The van der Waals surface area contributed by atoms with Crippen LogP contribution in [0.25, 0.3) is 0 Å². The van der Waals surface area contributed by atoms with E-state index in [0.29, 0.717) is 33.8 Å². The molecule has 1 unspecified atom stereocenters. The third kappa shape index (κ3) is 4.09. The lowest BCUT2D eigenvalue weighted by Gasteiger charge is -2.38. The van der Waals surface area contributed by atoms with Gasteiger partial charge in [0, 0.05) is 36.3 Å². The van der Waals surface area contributed by atoms with Crippen LogP contribution in [-0.2, 0) is 6.54 Å². The number of nitrogens with one attached hydrogen (secondary N) is 1. The average molecular weight is 516 g/mol. The van der Waals surface area contributed by atoms with Crippen molar-refractivity contribution in [2.75, 3.05) is 6.17 Å². The van der Waals surface area contributed by atoms with Gasteiger partial charge in [-0.05, 0) is 62.4 Å². The molecule has 9 heteroatoms. The van der Waals surface area contributed by atoms with Crippen molar-refractivity contribution in [1.82, 2.24) is 9.88 Å². The average Bonchev–Trinajstić information content (AvgIpc) is 3.12. The van der Waals surface area contributed by atoms with Crippen molar-refractivity contribution in [2.24, 2.45) is 11.7 Å². The van der Waals surface area contributed by atoms with E-state index in [1.165, 1.54) is 0 Å². The molecule has 0 spiro atoms. The molecule has 3 heterocycles. The van der Waals surface area contributed by atoms with Gasteiger partial charge >= 0.3 is 0 Å². The molecule has 0 radical (unpaired) electrons. The zero-order valence-corrected chi connectivity index (χ0v) is 22.8. The zero-order valence-electron chi connectivity index (χ0n) is 21.1. The Kier molecular flexibility index (Phi) is 5.85. The number of aromatic amines is 1. The molecule has 1 atom stereocenters. The monoisotopic (exact) mass is 515 g/mol. The highest BCUT2D eigenvalue weighted by Gasteiger charge is 2.49. The zero-order chi connectivity index (χ0) is 25.3. The predicted octanol–water partition coefficient (Wildman–Crippen LogP) is 3.76. The summed E-state index contributed by atoms with van der Waals surface area (Å²) < 4.78 is 12.8. The van der Waals surface area contributed by atoms with E-state index in [2.05, 4.69) is 18.1 Å². The number of aromatic nitrogens is 1. The first-order valence-electron chi connectivity index (χ1n) is 12.4. The summed E-state index contributed by atoms with van der Waals surface area (Å²) in [5, 5.41) is 1.30. The Hall–Kier alpha value is -2.29. The molecule has 1 fully saturated rings. The van der Waals surface area contributed by atoms with Gasteiger partial charge in [-0.15, -0.1) is 0 Å². The lowest BCUT2D eigenvalue weighted by molar-refractivity contribution is -0.120. The maximum absolute atomic E-state index is 13.8. The molecule has 5 rings (SSSR count). The van der Waals surface area contributed by atoms with Gasteiger partial charge in [0.1, 0.15) is 8.07 Å². The van der Waals surface area contributed by atoms with E-state index in [4.69, 9.17) is 26.8 Å². The summed E-state index contributed by atoms with van der Waals surface area (Å²) >= 11 is 6.92. The number of benzene rings is 1. The van der Waals surface area contributed by atoms with Gasteiger partial charge in [0.05, 0.1) is 17.1 Å². The molecule has 35 heavy (non-hydrogen) atoms. The molecule has 7 nitrogen and oxygen atoms in total. The Morgan fingerprint density at radius 1 is 1.17 bits per heavy atom. The fourth-order valence-corrected chi connectivity index (χ4v) is 9.17. The lowest BCUT2D eigenvalue weighted by Crippen LogP contribution is -2.60. The summed E-state index contributed by atoms with van der Waals surface area (Å²) in [5.74, 6) is 0.291. The van der Waals surface area contributed by atoms with Crippen LogP contribution in [0.3, 0.4) is 0 Å². The Bertz CT molecular complexity index is 1270. The molecule has 3 aliphatic rings. The van der Waals surface area contributed by atoms with Crippen molar-refractivity contribution < 1.29 is 14.3 Å². The van der Waals surface area contributed by atoms with E-state index in [1.807, 2.05) is 32.9 Å². The molecule has 3 N–H and O–H groups in total. The van der Waals surface area contributed by atoms with Gasteiger partial charge in [-0.25, -0.2) is 0 Å². The standard InChI is InChI=1S/C26H34ClN3O4Si/c1-14-10-15(2)29-24(31)18(14)12-30-13-35(4,5)20-11-19-23(22(27)21(20)25(30)32)34-26(3,33-19)16-6-8-17(28)9-7-16/h10-11,16-17H,6-9,12-13,28H2,1-5H3,(H,29,31). The molecule has 0 bridgehead atoms. The van der Waals surface area contributed by atoms with Crippen LogP contribution in [0.5, 0.6) is 11.5 Å². The summed E-state index contributed by atoms with van der Waals surface area (Å²) in [4.78, 5) is 31.1. The number of ether oxygens (including phenoxy) is 2. The van der Waals surface area contributed by atoms with Crippen molar-refractivity contribution >= 4 is 30.8 Å². The number of aryl methyl sites for hydroxylation is 2. The number of hydrogen-bond acceptors (Lipinski definition) is 5. The molecule has 1 aromatic heterocycles. The van der Waals surface area contributed by atoms with Gasteiger partial charge in [0.15, 0.2) is 11.5 Å². The Labute approximate surface area is 211 Å². The lowest BCUT2D eigenvalue weighted by atomic mass is 9.81. The minimum absolute atomic E-state index is 0.152. The van der Waals surface area contributed by atoms with Crippen molar-refractivity contribution in [3.8, 4) is 11.5 Å². The number of carbonyl (C=O) groups excluding carboxylic acids is 1. The van der Waals surface area contributed by atoms with Gasteiger partial charge in [0.25, 0.3) is 17.3 Å². The van der Waals surface area contributed by atoms with E-state index >= 15 is 0 Å². The van der Waals surface area contributed by atoms with Crippen LogP contribution in [0.15, 0.2) is 16.9 Å². The maximum Gasteiger partial charge on any atom is 0.255 e. The number of pyridine rings is 1. The van der Waals surface area contributed by atoms with Gasteiger partial charge in [-0.2, -0.15) is 0 Å². The molecular formula is C26H34ClN3O4Si. The fourth-order valence-electron chi connectivity index (χ4n) is 5.96. The van der Waals surface area contributed by atoms with Gasteiger partial charge in [-0.3, -0.25) is 9.59 Å². The number of nitrogens with two attached hydrogens (primary N) is 1. The van der Waals surface area contributed by atoms with Crippen LogP contribution in [-0.4, -0.2) is 41.9 Å². The Balaban J connectivity index is 1.50. The smallest absolute Gasteiger partial charge is 0.255 e. The van der Waals surface area contributed by atoms with Crippen LogP contribution in [0.1, 0.15) is 59.8 Å². The first-order chi connectivity index (χ1) is 16.4. The number of nitrogens with zero attached hydrogens (tertiary/aromatic N) is 1. The highest BCUT2D eigenvalue weighted by atomic mass is 35.5. The minimum Gasteiger partial charge on any atom is -0.448 e. The van der Waals surface area contributed by atoms with Gasteiger partial charge < -0.3 is 25.1 Å². The van der Waals surface area contributed by atoms with E-state index in [1.54, 1.807) is 4.90 Å². The molecule has 1 aliphatic carbocycles. The normalized spacial score (nSPS) is 27.2. The highest BCUT2D eigenvalue weighted by Crippen LogP contribution is 2.50. The Morgan fingerprint density at radius 3 is 2.51 bits per heavy atom. The summed E-state index contributed by atoms with van der Waals surface area (Å²) in [6, 6.07) is 4.15. The summed E-state index contributed by atoms with van der Waals surface area (Å²) in [6.45, 7) is 10.4. The highest BCUT2D eigenvalue weighted by molar-refractivity contribution is 6.91. The number of fused-ring (bicyclic) bond motifs is 2. The number of hydrogen-bond donors (Lipinski definition) is 2. The molecule has 2 aliphatic heterocycles. The van der Waals surface area contributed by atoms with Crippen molar-refractivity contribution in [1.29, 1.82) is 0 Å². The molecule has 188 valence electrons. The van der Waals surface area contributed by atoms with Crippen molar-refractivity contribution in [3.05, 3.63) is 49.9 Å². The first kappa shape index (κ1) is 24.4. The summed E-state index contributed by atoms with van der Waals surface area (Å²) in [6.07, 6.45) is 4.34. The second-order valence-corrected chi connectivity index (χ2v) is 16.3. The Morgan fingerprint density at radius 2 is 1.86 bits per heavy atom. The molecule has 2 aromatic rings. The third-order valence-corrected chi connectivity index (χ3v) is 11.4. The van der Waals surface area contributed by atoms with Crippen LogP contribution in [0.2, 0.25) is 18.1 Å². The van der Waals surface area contributed by atoms with Crippen LogP contribution in [0.4, 0.5) is 0 Å². The van der Waals surface area contributed by atoms with Crippen LogP contribution >= 0.6 is 11.6 Å². The van der Waals surface area contributed by atoms with Crippen LogP contribution in [0, 0.1) is 19.8 Å². The predicted molar refractivity (Wildman–Crippen MR) is 139 cm³/mol. The SMILES string of the molecule is Cc1cc(C)c(CN2C[Si](C)(C)c3cc4c(c(Cl)c3C2=O)OC(C)(C2CCC(N)CC2)O4)c(=O)[nH]1. The summed E-state index contributed by atoms with van der Waals surface area (Å²) in [5.41, 5.74) is 8.74. The molecule has 1 saturated carbocycles. The fraction of sp³-hybridized carbons (Fsp3) is 0.538. The second kappa shape index (κ2) is 8.39. The van der Waals surface area contributed by atoms with E-state index < -0.39 is 13.9 Å². The van der Waals surface area contributed by atoms with Gasteiger partial charge in [0.2, 0.25) is 0 Å². The number of carbonyl (C=O) groups is 1. The topological polar surface area (TPSA) is 97.7 Å². The largest absolute Gasteiger partial charge is 0.448 e. The quantitative estimate of drug-likeness (QED) is 0.606. The van der Waals surface area contributed by atoms with E-state index in [-0.39, 0.29) is 30.0 Å². The van der Waals surface area contributed by atoms with Gasteiger partial charge in [-0.1, -0.05) is 24.7 Å². The van der Waals surface area contributed by atoms with E-state index in [9.17, 15) is 9.59 Å². The molecule has 1 aromatic carbocycles. The third-order valence-electron chi connectivity index (χ3n) is 7.98. The van der Waals surface area contributed by atoms with E-state index in [0.717, 1.165) is 42.1 Å². The molecule has 1 amide bonds. The molecular weight excluding hydrogens is 482 g/mol. The number of amides is 1. The first-order valence-corrected chi connectivity index (χ1v) is 16.0. The molecule has 0 saturated heterocycles. The summed E-state index contributed by atoms with van der Waals surface area (Å²) in [7, 11) is -2.13. The van der Waals surface area contributed by atoms with Crippen molar-refractivity contribution in [2.45, 2.75) is 77.9 Å².